The molecule has 0 aromatic heterocycles. The van der Waals surface area contributed by atoms with Gasteiger partial charge in [0.25, 0.3) is 0 Å². The van der Waals surface area contributed by atoms with E-state index in [0.717, 1.165) is 18.6 Å². The molecule has 2 heteroatoms. The maximum Gasteiger partial charge on any atom is 0.118 e. The molecule has 0 aliphatic heterocycles. The minimum absolute atomic E-state index is 0.227. The Morgan fingerprint density at radius 2 is 1.79 bits per heavy atom. The maximum absolute atomic E-state index is 9.69. The van der Waals surface area contributed by atoms with Crippen LogP contribution in [0, 0.1) is 5.41 Å². The molecule has 1 fully saturated rings. The summed E-state index contributed by atoms with van der Waals surface area (Å²) < 4.78 is 5.17. The maximum atomic E-state index is 9.69. The summed E-state index contributed by atoms with van der Waals surface area (Å²) in [5.74, 6) is 0.919. The monoisotopic (exact) mass is 262 g/mol. The van der Waals surface area contributed by atoms with E-state index in [1.807, 2.05) is 12.1 Å². The van der Waals surface area contributed by atoms with Crippen LogP contribution in [-0.2, 0) is 6.42 Å². The molecule has 0 radical (unpaired) electrons. The molecule has 1 aromatic rings. The normalized spacial score (nSPS) is 18.2. The van der Waals surface area contributed by atoms with Crippen LogP contribution in [0.3, 0.4) is 0 Å². The molecule has 0 bridgehead atoms. The second-order valence-electron chi connectivity index (χ2n) is 5.92. The predicted octanol–water partition coefficient (Wildman–Crippen LogP) is 3.96. The second-order valence-corrected chi connectivity index (χ2v) is 5.92. The van der Waals surface area contributed by atoms with Gasteiger partial charge >= 0.3 is 0 Å². The van der Waals surface area contributed by atoms with E-state index in [9.17, 15) is 5.11 Å². The van der Waals surface area contributed by atoms with Crippen LogP contribution in [0.1, 0.15) is 50.5 Å². The molecule has 0 spiro atoms. The highest BCUT2D eigenvalue weighted by Crippen LogP contribution is 2.40. The third-order valence-electron chi connectivity index (χ3n) is 4.58. The van der Waals surface area contributed by atoms with Gasteiger partial charge in [-0.25, -0.2) is 0 Å². The Kier molecular flexibility index (Phi) is 5.26. The molecule has 1 aliphatic carbocycles. The molecule has 1 aliphatic rings. The molecule has 0 saturated heterocycles. The van der Waals surface area contributed by atoms with E-state index in [-0.39, 0.29) is 5.41 Å². The second kappa shape index (κ2) is 6.95. The van der Waals surface area contributed by atoms with Gasteiger partial charge in [-0.05, 0) is 55.2 Å². The van der Waals surface area contributed by atoms with Crippen molar-refractivity contribution in [2.45, 2.75) is 51.4 Å². The zero-order valence-corrected chi connectivity index (χ0v) is 12.0. The van der Waals surface area contributed by atoms with Crippen molar-refractivity contribution in [3.8, 4) is 5.75 Å². The highest BCUT2D eigenvalue weighted by molar-refractivity contribution is 5.27. The molecule has 1 saturated carbocycles. The fourth-order valence-electron chi connectivity index (χ4n) is 3.25. The van der Waals surface area contributed by atoms with Gasteiger partial charge in [-0.3, -0.25) is 0 Å². The third-order valence-corrected chi connectivity index (χ3v) is 4.58. The number of hydrogen-bond acceptors (Lipinski definition) is 2. The molecule has 106 valence electrons. The van der Waals surface area contributed by atoms with Crippen LogP contribution in [-0.4, -0.2) is 18.8 Å². The van der Waals surface area contributed by atoms with E-state index >= 15 is 0 Å². The summed E-state index contributed by atoms with van der Waals surface area (Å²) in [5.41, 5.74) is 1.59. The lowest BCUT2D eigenvalue weighted by molar-refractivity contribution is 0.0715. The zero-order valence-electron chi connectivity index (χ0n) is 12.0. The highest BCUT2D eigenvalue weighted by atomic mass is 16.5. The average Bonchev–Trinajstić information content (AvgIpc) is 2.49. The quantitative estimate of drug-likeness (QED) is 0.841. The number of aryl methyl sites for hydroxylation is 1. The van der Waals surface area contributed by atoms with Gasteiger partial charge in [-0.1, -0.05) is 31.4 Å². The molecule has 0 heterocycles. The van der Waals surface area contributed by atoms with Gasteiger partial charge in [-0.2, -0.15) is 0 Å². The number of methoxy groups -OCH3 is 1. The first-order valence-electron chi connectivity index (χ1n) is 7.52. The predicted molar refractivity (Wildman–Crippen MR) is 78.5 cm³/mol. The van der Waals surface area contributed by atoms with Crippen LogP contribution in [0.4, 0.5) is 0 Å². The van der Waals surface area contributed by atoms with E-state index in [0.29, 0.717) is 6.61 Å². The lowest BCUT2D eigenvalue weighted by atomic mass is 9.71. The summed E-state index contributed by atoms with van der Waals surface area (Å²) in [4.78, 5) is 0. The van der Waals surface area contributed by atoms with Gasteiger partial charge in [-0.15, -0.1) is 0 Å². The van der Waals surface area contributed by atoms with Gasteiger partial charge in [0.05, 0.1) is 7.11 Å². The third kappa shape index (κ3) is 3.97. The molecule has 0 amide bonds. The van der Waals surface area contributed by atoms with Crippen molar-refractivity contribution in [1.82, 2.24) is 0 Å². The number of ether oxygens (including phenoxy) is 1. The Morgan fingerprint density at radius 1 is 1.11 bits per heavy atom. The average molecular weight is 262 g/mol. The topological polar surface area (TPSA) is 29.5 Å². The molecule has 0 unspecified atom stereocenters. The van der Waals surface area contributed by atoms with Crippen molar-refractivity contribution < 1.29 is 9.84 Å². The van der Waals surface area contributed by atoms with E-state index in [4.69, 9.17) is 4.74 Å². The van der Waals surface area contributed by atoms with Crippen LogP contribution < -0.4 is 4.74 Å². The SMILES string of the molecule is COc1ccc(CCCC2(CO)CCCCC2)cc1. The smallest absolute Gasteiger partial charge is 0.118 e. The lowest BCUT2D eigenvalue weighted by Gasteiger charge is -2.35. The summed E-state index contributed by atoms with van der Waals surface area (Å²) in [7, 11) is 1.70. The Balaban J connectivity index is 1.81. The van der Waals surface area contributed by atoms with Gasteiger partial charge in [0.1, 0.15) is 5.75 Å². The fourth-order valence-corrected chi connectivity index (χ4v) is 3.25. The van der Waals surface area contributed by atoms with Crippen molar-refractivity contribution >= 4 is 0 Å². The number of aliphatic hydroxyl groups is 1. The van der Waals surface area contributed by atoms with Crippen molar-refractivity contribution in [3.05, 3.63) is 29.8 Å². The first kappa shape index (κ1) is 14.4. The molecule has 19 heavy (non-hydrogen) atoms. The number of hydrogen-bond donors (Lipinski definition) is 1. The van der Waals surface area contributed by atoms with Crippen molar-refractivity contribution in [2.75, 3.05) is 13.7 Å². The first-order valence-corrected chi connectivity index (χ1v) is 7.52. The van der Waals surface area contributed by atoms with Gasteiger partial charge in [0.2, 0.25) is 0 Å². The molecule has 2 nitrogen and oxygen atoms in total. The summed E-state index contributed by atoms with van der Waals surface area (Å²) in [6.07, 6.45) is 9.80. The highest BCUT2D eigenvalue weighted by Gasteiger charge is 2.30. The Morgan fingerprint density at radius 3 is 2.37 bits per heavy atom. The molecule has 0 atom stereocenters. The Bertz CT molecular complexity index is 363. The summed E-state index contributed by atoms with van der Waals surface area (Å²) in [5, 5.41) is 9.69. The first-order chi connectivity index (χ1) is 9.28. The molecule has 1 aromatic carbocycles. The van der Waals surface area contributed by atoms with Crippen LogP contribution in [0.2, 0.25) is 0 Å². The largest absolute Gasteiger partial charge is 0.497 e. The zero-order chi connectivity index (χ0) is 13.6. The van der Waals surface area contributed by atoms with Gasteiger partial charge in [0, 0.05) is 6.61 Å². The Hall–Kier alpha value is -1.02. The van der Waals surface area contributed by atoms with E-state index in [1.165, 1.54) is 44.1 Å². The van der Waals surface area contributed by atoms with Crippen LogP contribution in [0.5, 0.6) is 5.75 Å². The summed E-state index contributed by atoms with van der Waals surface area (Å²) in [6.45, 7) is 0.371. The number of rotatable bonds is 6. The number of benzene rings is 1. The van der Waals surface area contributed by atoms with E-state index < -0.39 is 0 Å². The van der Waals surface area contributed by atoms with E-state index in [1.54, 1.807) is 7.11 Å². The van der Waals surface area contributed by atoms with E-state index in [2.05, 4.69) is 12.1 Å². The minimum atomic E-state index is 0.227. The lowest BCUT2D eigenvalue weighted by Crippen LogP contribution is -2.28. The number of aliphatic hydroxyl groups excluding tert-OH is 1. The fraction of sp³-hybridized carbons (Fsp3) is 0.647. The summed E-state index contributed by atoms with van der Waals surface area (Å²) >= 11 is 0. The van der Waals surface area contributed by atoms with Gasteiger partial charge in [0.15, 0.2) is 0 Å². The van der Waals surface area contributed by atoms with Crippen LogP contribution in [0.15, 0.2) is 24.3 Å². The van der Waals surface area contributed by atoms with Crippen LogP contribution in [0.25, 0.3) is 0 Å². The Labute approximate surface area is 116 Å². The van der Waals surface area contributed by atoms with Gasteiger partial charge < -0.3 is 9.84 Å². The standard InChI is InChI=1S/C17H26O2/c1-19-16-9-7-15(8-10-16)6-5-13-17(14-18)11-3-2-4-12-17/h7-10,18H,2-6,11-14H2,1H3. The molecule has 2 rings (SSSR count). The van der Waals surface area contributed by atoms with Crippen LogP contribution >= 0.6 is 0 Å². The van der Waals surface area contributed by atoms with Crippen molar-refractivity contribution in [2.24, 2.45) is 5.41 Å². The minimum Gasteiger partial charge on any atom is -0.497 e. The van der Waals surface area contributed by atoms with Crippen molar-refractivity contribution in [1.29, 1.82) is 0 Å². The molecular weight excluding hydrogens is 236 g/mol. The molecule has 1 N–H and O–H groups in total. The van der Waals surface area contributed by atoms with Crippen molar-refractivity contribution in [3.63, 3.8) is 0 Å². The molecular formula is C17H26O2. The summed E-state index contributed by atoms with van der Waals surface area (Å²) in [6, 6.07) is 8.34.